The SMILES string of the molecule is Cc1cnc(N)c(-c2nc3ccc(-n4cccn4)nc3n2-c2ccc3c(c2)CC[C@@H]3NC(O)c2ccc(O)c(C=O)c2)c1. The van der Waals surface area contributed by atoms with Crippen LogP contribution < -0.4 is 11.1 Å². The van der Waals surface area contributed by atoms with Gasteiger partial charge in [-0.1, -0.05) is 12.1 Å². The van der Waals surface area contributed by atoms with E-state index in [0.717, 1.165) is 35.2 Å². The Balaban J connectivity index is 1.29. The van der Waals surface area contributed by atoms with Crippen LogP contribution in [0.5, 0.6) is 5.75 Å². The van der Waals surface area contributed by atoms with Crippen molar-refractivity contribution in [2.24, 2.45) is 0 Å². The zero-order valence-electron chi connectivity index (χ0n) is 23.2. The lowest BCUT2D eigenvalue weighted by atomic mass is 10.1. The van der Waals surface area contributed by atoms with Gasteiger partial charge in [-0.15, -0.1) is 0 Å². The molecule has 2 aromatic carbocycles. The highest BCUT2D eigenvalue weighted by Crippen LogP contribution is 2.37. The van der Waals surface area contributed by atoms with Gasteiger partial charge in [0.1, 0.15) is 23.3 Å². The lowest BCUT2D eigenvalue weighted by molar-refractivity contribution is 0.111. The van der Waals surface area contributed by atoms with Gasteiger partial charge in [0.2, 0.25) is 0 Å². The molecule has 0 amide bonds. The number of aldehydes is 1. The van der Waals surface area contributed by atoms with Gasteiger partial charge in [-0.3, -0.25) is 14.7 Å². The van der Waals surface area contributed by atoms with Crippen molar-refractivity contribution in [3.63, 3.8) is 0 Å². The normalized spacial score (nSPS) is 15.1. The van der Waals surface area contributed by atoms with Gasteiger partial charge in [-0.2, -0.15) is 5.10 Å². The van der Waals surface area contributed by atoms with Crippen LogP contribution in [0.25, 0.3) is 34.1 Å². The van der Waals surface area contributed by atoms with Gasteiger partial charge in [0.25, 0.3) is 0 Å². The van der Waals surface area contributed by atoms with Gasteiger partial charge in [0.15, 0.2) is 23.6 Å². The number of carbonyl (C=O) groups excluding carboxylic acids is 1. The van der Waals surface area contributed by atoms with Crippen LogP contribution in [0, 0.1) is 6.92 Å². The first kappa shape index (κ1) is 26.5. The van der Waals surface area contributed by atoms with Crippen molar-refractivity contribution in [1.82, 2.24) is 34.6 Å². The fraction of sp³-hybridized carbons (Fsp3) is 0.156. The number of phenols is 1. The second kappa shape index (κ2) is 10.5. The van der Waals surface area contributed by atoms with E-state index in [-0.39, 0.29) is 17.4 Å². The third-order valence-electron chi connectivity index (χ3n) is 7.84. The van der Waals surface area contributed by atoms with Crippen LogP contribution in [0.2, 0.25) is 0 Å². The number of aromatic nitrogens is 6. The third-order valence-corrected chi connectivity index (χ3v) is 7.84. The van der Waals surface area contributed by atoms with Crippen LogP contribution in [0.15, 0.2) is 79.3 Å². The van der Waals surface area contributed by atoms with E-state index in [0.29, 0.717) is 46.0 Å². The van der Waals surface area contributed by atoms with Gasteiger partial charge < -0.3 is 15.9 Å². The highest BCUT2D eigenvalue weighted by atomic mass is 16.3. The number of carbonyl (C=O) groups is 1. The topological polar surface area (TPSA) is 157 Å². The fourth-order valence-corrected chi connectivity index (χ4v) is 5.70. The number of pyridine rings is 2. The van der Waals surface area contributed by atoms with Crippen LogP contribution in [0.3, 0.4) is 0 Å². The molecule has 0 radical (unpaired) electrons. The van der Waals surface area contributed by atoms with Crippen molar-refractivity contribution < 1.29 is 15.0 Å². The number of phenolic OH excluding ortho intramolecular Hbond substituents is 1. The van der Waals surface area contributed by atoms with Crippen LogP contribution in [0.4, 0.5) is 5.82 Å². The molecule has 4 aromatic heterocycles. The molecule has 1 aliphatic carbocycles. The molecule has 7 rings (SSSR count). The quantitative estimate of drug-likeness (QED) is 0.161. The smallest absolute Gasteiger partial charge is 0.167 e. The van der Waals surface area contributed by atoms with Crippen molar-refractivity contribution in [1.29, 1.82) is 0 Å². The zero-order valence-corrected chi connectivity index (χ0v) is 23.2. The molecule has 214 valence electrons. The van der Waals surface area contributed by atoms with Gasteiger partial charge in [-0.25, -0.2) is 19.6 Å². The predicted molar refractivity (Wildman–Crippen MR) is 161 cm³/mol. The zero-order chi connectivity index (χ0) is 29.7. The maximum absolute atomic E-state index is 11.3. The molecular formula is C32H28N8O3. The number of aromatic hydroxyl groups is 1. The Morgan fingerprint density at radius 2 is 2.00 bits per heavy atom. The maximum atomic E-state index is 11.3. The van der Waals surface area contributed by atoms with Crippen LogP contribution >= 0.6 is 0 Å². The van der Waals surface area contributed by atoms with E-state index in [2.05, 4.69) is 27.5 Å². The fourth-order valence-electron chi connectivity index (χ4n) is 5.70. The maximum Gasteiger partial charge on any atom is 0.167 e. The number of rotatable bonds is 7. The number of hydrogen-bond acceptors (Lipinski definition) is 9. The number of anilines is 1. The molecule has 11 heteroatoms. The molecule has 2 atom stereocenters. The summed E-state index contributed by atoms with van der Waals surface area (Å²) in [6.45, 7) is 1.96. The summed E-state index contributed by atoms with van der Waals surface area (Å²) in [7, 11) is 0. The number of benzene rings is 2. The highest BCUT2D eigenvalue weighted by molar-refractivity contribution is 5.83. The van der Waals surface area contributed by atoms with E-state index in [1.54, 1.807) is 23.1 Å². The number of aliphatic hydroxyl groups is 1. The molecule has 0 aliphatic heterocycles. The minimum atomic E-state index is -1.01. The minimum absolute atomic E-state index is 0.104. The first-order chi connectivity index (χ1) is 20.9. The van der Waals surface area contributed by atoms with Gasteiger partial charge in [0.05, 0.1) is 11.1 Å². The average molecular weight is 573 g/mol. The minimum Gasteiger partial charge on any atom is -0.507 e. The lowest BCUT2D eigenvalue weighted by Crippen LogP contribution is -2.25. The second-order valence-corrected chi connectivity index (χ2v) is 10.7. The third kappa shape index (κ3) is 4.70. The average Bonchev–Trinajstić information content (AvgIpc) is 3.77. The first-order valence-corrected chi connectivity index (χ1v) is 13.9. The summed E-state index contributed by atoms with van der Waals surface area (Å²) in [4.78, 5) is 25.5. The number of nitrogens with one attached hydrogen (secondary N) is 1. The Morgan fingerprint density at radius 1 is 1.12 bits per heavy atom. The second-order valence-electron chi connectivity index (χ2n) is 10.7. The van der Waals surface area contributed by atoms with Crippen LogP contribution in [0.1, 0.15) is 51.3 Å². The van der Waals surface area contributed by atoms with Crippen molar-refractivity contribution >= 4 is 23.3 Å². The number of nitrogen functional groups attached to an aromatic ring is 1. The Morgan fingerprint density at radius 3 is 2.81 bits per heavy atom. The number of nitrogens with zero attached hydrogens (tertiary/aromatic N) is 6. The molecule has 0 fully saturated rings. The lowest BCUT2D eigenvalue weighted by Gasteiger charge is -2.20. The molecule has 0 saturated carbocycles. The Hall–Kier alpha value is -5.39. The van der Waals surface area contributed by atoms with E-state index in [1.165, 1.54) is 12.1 Å². The predicted octanol–water partition coefficient (Wildman–Crippen LogP) is 4.34. The van der Waals surface area contributed by atoms with Crippen molar-refractivity contribution in [3.8, 4) is 28.6 Å². The van der Waals surface area contributed by atoms with E-state index < -0.39 is 6.23 Å². The summed E-state index contributed by atoms with van der Waals surface area (Å²) >= 11 is 0. The number of imidazole rings is 1. The number of aryl methyl sites for hydroxylation is 2. The highest BCUT2D eigenvalue weighted by Gasteiger charge is 2.27. The molecule has 0 saturated heterocycles. The monoisotopic (exact) mass is 572 g/mol. The molecule has 0 spiro atoms. The van der Waals surface area contributed by atoms with Crippen LogP contribution in [-0.2, 0) is 6.42 Å². The molecule has 0 bridgehead atoms. The largest absolute Gasteiger partial charge is 0.507 e. The Kier molecular flexibility index (Phi) is 6.45. The molecule has 5 N–H and O–H groups in total. The summed E-state index contributed by atoms with van der Waals surface area (Å²) in [6.07, 6.45) is 6.41. The van der Waals surface area contributed by atoms with Crippen molar-refractivity contribution in [2.45, 2.75) is 32.0 Å². The van der Waals surface area contributed by atoms with E-state index in [1.807, 2.05) is 48.0 Å². The number of fused-ring (bicyclic) bond motifs is 2. The van der Waals surface area contributed by atoms with Crippen LogP contribution in [-0.4, -0.2) is 45.8 Å². The van der Waals surface area contributed by atoms with Crippen molar-refractivity contribution in [3.05, 3.63) is 107 Å². The molecule has 4 heterocycles. The van der Waals surface area contributed by atoms with E-state index >= 15 is 0 Å². The summed E-state index contributed by atoms with van der Waals surface area (Å²) in [5.74, 6) is 1.55. The number of nitrogens with two attached hydrogens (primary N) is 1. The first-order valence-electron chi connectivity index (χ1n) is 13.9. The summed E-state index contributed by atoms with van der Waals surface area (Å²) in [5.41, 5.74) is 13.1. The summed E-state index contributed by atoms with van der Waals surface area (Å²) in [5, 5.41) is 28.3. The molecule has 6 aromatic rings. The van der Waals surface area contributed by atoms with Crippen molar-refractivity contribution in [2.75, 3.05) is 5.73 Å². The molecule has 1 aliphatic rings. The van der Waals surface area contributed by atoms with Gasteiger partial charge in [-0.05, 0) is 90.6 Å². The van der Waals surface area contributed by atoms with Gasteiger partial charge in [0, 0.05) is 30.3 Å². The molecular weight excluding hydrogens is 544 g/mol. The Bertz CT molecular complexity index is 2000. The van der Waals surface area contributed by atoms with Gasteiger partial charge >= 0.3 is 0 Å². The molecule has 11 nitrogen and oxygen atoms in total. The number of hydrogen-bond donors (Lipinski definition) is 4. The standard InChI is InChI=1S/C32H28N8O3/c1-18-13-24(29(33)34-16-18)30-36-26-8-10-28(39-12-2-11-35-39)38-31(26)40(30)22-5-6-23-19(15-22)3-7-25(23)37-32(43)20-4-9-27(42)21(14-20)17-41/h2,4-6,8-17,25,32,37,42-43H,3,7H2,1H3,(H2,33,34)/t25-,32?/m0/s1. The van der Waals surface area contributed by atoms with E-state index in [9.17, 15) is 15.0 Å². The summed E-state index contributed by atoms with van der Waals surface area (Å²) < 4.78 is 3.71. The van der Waals surface area contributed by atoms with E-state index in [4.69, 9.17) is 15.7 Å². The Labute approximate surface area is 246 Å². The molecule has 1 unspecified atom stereocenters. The molecule has 43 heavy (non-hydrogen) atoms. The summed E-state index contributed by atoms with van der Waals surface area (Å²) in [6, 6.07) is 18.2. The number of aliphatic hydroxyl groups excluding tert-OH is 1.